The first-order chi connectivity index (χ1) is 14.6. The summed E-state index contributed by atoms with van der Waals surface area (Å²) < 4.78 is 0. The number of benzene rings is 1. The van der Waals surface area contributed by atoms with Gasteiger partial charge in [0.1, 0.15) is 12.1 Å². The Morgan fingerprint density at radius 3 is 2.77 bits per heavy atom. The second-order valence-electron chi connectivity index (χ2n) is 9.64. The molecule has 164 valence electrons. The lowest BCUT2D eigenvalue weighted by atomic mass is 9.64. The number of amides is 4. The lowest BCUT2D eigenvalue weighted by Crippen LogP contribution is -2.54. The molecular weight excluding hydrogens is 412 g/mol. The Morgan fingerprint density at radius 2 is 2.10 bits per heavy atom. The van der Waals surface area contributed by atoms with E-state index >= 15 is 0 Å². The number of hydrogen-bond acceptors (Lipinski definition) is 5. The molecule has 4 amide bonds. The van der Waals surface area contributed by atoms with Crippen molar-refractivity contribution < 1.29 is 14.4 Å². The van der Waals surface area contributed by atoms with Gasteiger partial charge >= 0.3 is 6.03 Å². The quantitative estimate of drug-likeness (QED) is 0.697. The smallest absolute Gasteiger partial charge is 0.325 e. The van der Waals surface area contributed by atoms with Crippen LogP contribution in [0.5, 0.6) is 0 Å². The molecular formula is C23H28N4O3S. The molecule has 0 radical (unpaired) electrons. The first-order valence-electron chi connectivity index (χ1n) is 10.5. The fraction of sp³-hybridized carbons (Fsp3) is 0.478. The van der Waals surface area contributed by atoms with Gasteiger partial charge in [0, 0.05) is 16.6 Å². The molecule has 2 fully saturated rings. The van der Waals surface area contributed by atoms with E-state index in [0.717, 1.165) is 27.6 Å². The molecule has 4 rings (SSSR count). The number of carbonyl (C=O) groups excluding carboxylic acids is 3. The predicted octanol–water partition coefficient (Wildman–Crippen LogP) is 4.19. The Labute approximate surface area is 186 Å². The van der Waals surface area contributed by atoms with E-state index in [4.69, 9.17) is 0 Å². The summed E-state index contributed by atoms with van der Waals surface area (Å²) in [6.07, 6.45) is 2.20. The molecule has 1 spiro atoms. The van der Waals surface area contributed by atoms with Gasteiger partial charge in [0.15, 0.2) is 0 Å². The number of thiazole rings is 1. The Balaban J connectivity index is 1.46. The molecule has 1 aromatic heterocycles. The average Bonchev–Trinajstić information content (AvgIpc) is 3.18. The second kappa shape index (κ2) is 7.75. The number of anilines is 1. The van der Waals surface area contributed by atoms with E-state index in [-0.39, 0.29) is 17.9 Å². The molecule has 0 bridgehead atoms. The SMILES string of the molecule is Cc1nc(-c2cccc(NC(=O)CN3C(=O)NC4(CC(C)CC(C)(C)C4)C3=O)c2)cs1. The third kappa shape index (κ3) is 4.35. The number of imide groups is 1. The fourth-order valence-corrected chi connectivity index (χ4v) is 5.87. The number of urea groups is 1. The summed E-state index contributed by atoms with van der Waals surface area (Å²) in [5.41, 5.74) is 1.40. The number of aryl methyl sites for hydroxylation is 1. The van der Waals surface area contributed by atoms with E-state index in [1.807, 2.05) is 30.5 Å². The third-order valence-electron chi connectivity index (χ3n) is 5.99. The van der Waals surface area contributed by atoms with E-state index in [1.54, 1.807) is 17.4 Å². The Kier molecular flexibility index (Phi) is 5.37. The summed E-state index contributed by atoms with van der Waals surface area (Å²) in [5.74, 6) is -0.381. The molecule has 2 aromatic rings. The molecule has 2 atom stereocenters. The maximum Gasteiger partial charge on any atom is 0.325 e. The van der Waals surface area contributed by atoms with Gasteiger partial charge in [0.2, 0.25) is 5.91 Å². The van der Waals surface area contributed by atoms with Crippen LogP contribution in [0.4, 0.5) is 10.5 Å². The van der Waals surface area contributed by atoms with Crippen LogP contribution in [0.3, 0.4) is 0 Å². The standard InChI is InChI=1S/C23H28N4O3S/c1-14-9-22(3,4)13-23(10-14)20(29)27(21(30)26-23)11-19(28)25-17-7-5-6-16(8-17)18-12-31-15(2)24-18/h5-8,12,14H,9-11,13H2,1-4H3,(H,25,28)(H,26,30). The summed E-state index contributed by atoms with van der Waals surface area (Å²) in [5, 5.41) is 8.65. The topological polar surface area (TPSA) is 91.4 Å². The maximum atomic E-state index is 13.2. The number of rotatable bonds is 4. The zero-order chi connectivity index (χ0) is 22.4. The van der Waals surface area contributed by atoms with Gasteiger partial charge in [0.25, 0.3) is 5.91 Å². The summed E-state index contributed by atoms with van der Waals surface area (Å²) in [4.78, 5) is 44.0. The normalized spacial score (nSPS) is 25.0. The van der Waals surface area contributed by atoms with Gasteiger partial charge in [-0.25, -0.2) is 9.78 Å². The van der Waals surface area contributed by atoms with Crippen LogP contribution in [-0.2, 0) is 9.59 Å². The molecule has 1 aliphatic carbocycles. The average molecular weight is 441 g/mol. The van der Waals surface area contributed by atoms with E-state index < -0.39 is 17.5 Å². The molecule has 1 saturated carbocycles. The highest BCUT2D eigenvalue weighted by molar-refractivity contribution is 7.09. The van der Waals surface area contributed by atoms with Crippen LogP contribution in [-0.4, -0.2) is 39.8 Å². The lowest BCUT2D eigenvalue weighted by molar-refractivity contribution is -0.136. The van der Waals surface area contributed by atoms with Gasteiger partial charge in [-0.05, 0) is 49.7 Å². The summed E-state index contributed by atoms with van der Waals surface area (Å²) >= 11 is 1.56. The summed E-state index contributed by atoms with van der Waals surface area (Å²) in [6.45, 7) is 7.99. The molecule has 1 aliphatic heterocycles. The van der Waals surface area contributed by atoms with Gasteiger partial charge in [-0.1, -0.05) is 32.9 Å². The van der Waals surface area contributed by atoms with Crippen LogP contribution in [0.2, 0.25) is 0 Å². The zero-order valence-electron chi connectivity index (χ0n) is 18.3. The van der Waals surface area contributed by atoms with Gasteiger partial charge in [-0.2, -0.15) is 0 Å². The van der Waals surface area contributed by atoms with Crippen LogP contribution in [0.25, 0.3) is 11.3 Å². The highest BCUT2D eigenvalue weighted by atomic mass is 32.1. The van der Waals surface area contributed by atoms with Gasteiger partial charge in [-0.3, -0.25) is 14.5 Å². The first kappa shape index (κ1) is 21.5. The number of carbonyl (C=O) groups is 3. The van der Waals surface area contributed by atoms with Crippen LogP contribution >= 0.6 is 11.3 Å². The minimum atomic E-state index is -0.902. The van der Waals surface area contributed by atoms with Crippen LogP contribution in [0.15, 0.2) is 29.6 Å². The monoisotopic (exact) mass is 440 g/mol. The lowest BCUT2D eigenvalue weighted by Gasteiger charge is -2.43. The minimum Gasteiger partial charge on any atom is -0.325 e. The second-order valence-corrected chi connectivity index (χ2v) is 10.7. The molecule has 2 N–H and O–H groups in total. The summed E-state index contributed by atoms with van der Waals surface area (Å²) in [6, 6.07) is 6.90. The fourth-order valence-electron chi connectivity index (χ4n) is 5.25. The van der Waals surface area contributed by atoms with E-state index in [0.29, 0.717) is 24.4 Å². The molecule has 8 heteroatoms. The Bertz CT molecular complexity index is 1050. The minimum absolute atomic E-state index is 0.0483. The third-order valence-corrected chi connectivity index (χ3v) is 6.76. The van der Waals surface area contributed by atoms with Crippen molar-refractivity contribution in [1.29, 1.82) is 0 Å². The van der Waals surface area contributed by atoms with Crippen molar-refractivity contribution in [3.05, 3.63) is 34.7 Å². The first-order valence-corrected chi connectivity index (χ1v) is 11.4. The van der Waals surface area contributed by atoms with Crippen molar-refractivity contribution in [1.82, 2.24) is 15.2 Å². The molecule has 7 nitrogen and oxygen atoms in total. The van der Waals surface area contributed by atoms with Crippen LogP contribution < -0.4 is 10.6 Å². The largest absolute Gasteiger partial charge is 0.325 e. The Morgan fingerprint density at radius 1 is 1.32 bits per heavy atom. The van der Waals surface area contributed by atoms with Crippen molar-refractivity contribution in [2.24, 2.45) is 11.3 Å². The molecule has 31 heavy (non-hydrogen) atoms. The van der Waals surface area contributed by atoms with Gasteiger partial charge in [-0.15, -0.1) is 11.3 Å². The molecule has 2 aliphatic rings. The van der Waals surface area contributed by atoms with E-state index in [2.05, 4.69) is 36.4 Å². The van der Waals surface area contributed by atoms with Gasteiger partial charge < -0.3 is 10.6 Å². The van der Waals surface area contributed by atoms with Crippen LogP contribution in [0, 0.1) is 18.3 Å². The Hall–Kier alpha value is -2.74. The number of hydrogen-bond donors (Lipinski definition) is 2. The van der Waals surface area contributed by atoms with Crippen molar-refractivity contribution in [3.8, 4) is 11.3 Å². The van der Waals surface area contributed by atoms with Crippen molar-refractivity contribution in [2.75, 3.05) is 11.9 Å². The predicted molar refractivity (Wildman–Crippen MR) is 121 cm³/mol. The number of aromatic nitrogens is 1. The van der Waals surface area contributed by atoms with Crippen LogP contribution in [0.1, 0.15) is 45.0 Å². The highest BCUT2D eigenvalue weighted by Crippen LogP contribution is 2.46. The van der Waals surface area contributed by atoms with E-state index in [1.165, 1.54) is 0 Å². The van der Waals surface area contributed by atoms with Crippen molar-refractivity contribution in [2.45, 2.75) is 52.5 Å². The number of nitrogens with zero attached hydrogens (tertiary/aromatic N) is 2. The van der Waals surface area contributed by atoms with Gasteiger partial charge in [0.05, 0.1) is 10.7 Å². The molecule has 2 unspecified atom stereocenters. The molecule has 1 saturated heterocycles. The van der Waals surface area contributed by atoms with Crippen molar-refractivity contribution >= 4 is 34.9 Å². The van der Waals surface area contributed by atoms with E-state index in [9.17, 15) is 14.4 Å². The molecule has 2 heterocycles. The summed E-state index contributed by atoms with van der Waals surface area (Å²) in [7, 11) is 0. The maximum absolute atomic E-state index is 13.2. The number of nitrogens with one attached hydrogen (secondary N) is 2. The van der Waals surface area contributed by atoms with Crippen molar-refractivity contribution in [3.63, 3.8) is 0 Å². The highest BCUT2D eigenvalue weighted by Gasteiger charge is 2.56. The zero-order valence-corrected chi connectivity index (χ0v) is 19.1. The molecule has 1 aromatic carbocycles.